The quantitative estimate of drug-likeness (QED) is 0.648. The molecule has 0 aliphatic carbocycles. The Balaban J connectivity index is 1.79. The van der Waals surface area contributed by atoms with Gasteiger partial charge in [-0.2, -0.15) is 0 Å². The number of halogens is 2. The summed E-state index contributed by atoms with van der Waals surface area (Å²) >= 11 is 12.3. The monoisotopic (exact) mass is 415 g/mol. The number of fused-ring (bicyclic) bond motifs is 1. The summed E-state index contributed by atoms with van der Waals surface area (Å²) < 4.78 is 5.07. The van der Waals surface area contributed by atoms with Gasteiger partial charge in [0.25, 0.3) is 5.91 Å². The number of aromatic nitrogens is 1. The Morgan fingerprint density at radius 3 is 2.57 bits per heavy atom. The van der Waals surface area contributed by atoms with Gasteiger partial charge in [-0.3, -0.25) is 14.7 Å². The minimum Gasteiger partial charge on any atom is -0.447 e. The van der Waals surface area contributed by atoms with E-state index in [-0.39, 0.29) is 15.6 Å². The van der Waals surface area contributed by atoms with E-state index in [4.69, 9.17) is 27.9 Å². The fraction of sp³-hybridized carbons (Fsp3) is 0.150. The molecule has 0 unspecified atom stereocenters. The first kappa shape index (κ1) is 18.5. The number of carbonyl (C=O) groups is 2. The average Bonchev–Trinajstić information content (AvgIpc) is 3.07. The van der Waals surface area contributed by atoms with Crippen molar-refractivity contribution in [3.05, 3.63) is 63.8 Å². The van der Waals surface area contributed by atoms with E-state index in [1.807, 2.05) is 13.0 Å². The first-order valence-corrected chi connectivity index (χ1v) is 9.31. The maximum absolute atomic E-state index is 12.8. The van der Waals surface area contributed by atoms with E-state index in [0.717, 1.165) is 16.6 Å². The Bertz CT molecular complexity index is 1100. The molecule has 0 saturated carbocycles. The molecule has 1 fully saturated rings. The summed E-state index contributed by atoms with van der Waals surface area (Å²) in [6.07, 6.45) is 1.27. The number of rotatable bonds is 3. The highest BCUT2D eigenvalue weighted by molar-refractivity contribution is 6.40. The molecule has 1 aliphatic heterocycles. The fourth-order valence-electron chi connectivity index (χ4n) is 3.26. The lowest BCUT2D eigenvalue weighted by Crippen LogP contribution is -2.24. The number of nitrogens with one attached hydrogen (secondary N) is 1. The molecule has 1 saturated heterocycles. The Morgan fingerprint density at radius 1 is 1.18 bits per heavy atom. The molecule has 6 nitrogen and oxygen atoms in total. The second kappa shape index (κ2) is 7.30. The number of ether oxygens (including phenoxy) is 1. The number of benzene rings is 2. The van der Waals surface area contributed by atoms with E-state index in [2.05, 4.69) is 10.3 Å². The fourth-order valence-corrected chi connectivity index (χ4v) is 3.83. The zero-order valence-corrected chi connectivity index (χ0v) is 16.3. The highest BCUT2D eigenvalue weighted by atomic mass is 35.5. The Morgan fingerprint density at radius 2 is 1.89 bits per heavy atom. The van der Waals surface area contributed by atoms with Gasteiger partial charge in [-0.15, -0.1) is 0 Å². The molecule has 28 heavy (non-hydrogen) atoms. The van der Waals surface area contributed by atoms with E-state index in [0.29, 0.717) is 24.4 Å². The zero-order valence-electron chi connectivity index (χ0n) is 14.8. The standard InChI is InChI=1S/C20H15Cl2N3O3/c1-11-10-23-17-12(18(11)25-8-9-28-20(25)27)4-2-7-15(17)24-19(26)16-13(21)5-3-6-14(16)22/h2-7,10H,8-9H2,1H3,(H,24,26). The van der Waals surface area contributed by atoms with E-state index in [1.54, 1.807) is 41.4 Å². The molecule has 1 N–H and O–H groups in total. The summed E-state index contributed by atoms with van der Waals surface area (Å²) in [5.74, 6) is -0.437. The number of aryl methyl sites for hydroxylation is 1. The summed E-state index contributed by atoms with van der Waals surface area (Å²) in [6, 6.07) is 10.3. The van der Waals surface area contributed by atoms with Crippen LogP contribution in [0.2, 0.25) is 10.0 Å². The third kappa shape index (κ3) is 3.15. The van der Waals surface area contributed by atoms with Crippen molar-refractivity contribution in [3.63, 3.8) is 0 Å². The highest BCUT2D eigenvalue weighted by Crippen LogP contribution is 2.34. The minimum atomic E-state index is -0.437. The minimum absolute atomic E-state index is 0.193. The van der Waals surface area contributed by atoms with Gasteiger partial charge in [0, 0.05) is 11.6 Å². The molecule has 4 rings (SSSR count). The number of nitrogens with zero attached hydrogens (tertiary/aromatic N) is 2. The van der Waals surface area contributed by atoms with Gasteiger partial charge in [0.05, 0.1) is 39.0 Å². The maximum atomic E-state index is 12.8. The number of para-hydroxylation sites is 1. The van der Waals surface area contributed by atoms with Crippen LogP contribution >= 0.6 is 23.2 Å². The summed E-state index contributed by atoms with van der Waals surface area (Å²) in [4.78, 5) is 30.9. The number of hydrogen-bond acceptors (Lipinski definition) is 4. The third-order valence-electron chi connectivity index (χ3n) is 4.52. The molecule has 2 aromatic carbocycles. The van der Waals surface area contributed by atoms with Crippen molar-refractivity contribution in [3.8, 4) is 0 Å². The molecule has 142 valence electrons. The number of pyridine rings is 1. The van der Waals surface area contributed by atoms with Crippen molar-refractivity contribution in [2.24, 2.45) is 0 Å². The molecule has 2 heterocycles. The smallest absolute Gasteiger partial charge is 0.414 e. The molecule has 8 heteroatoms. The summed E-state index contributed by atoms with van der Waals surface area (Å²) in [6.45, 7) is 2.68. The number of anilines is 2. The largest absolute Gasteiger partial charge is 0.447 e. The van der Waals surface area contributed by atoms with Crippen LogP contribution in [0.15, 0.2) is 42.6 Å². The molecule has 0 spiro atoms. The summed E-state index contributed by atoms with van der Waals surface area (Å²) in [5, 5.41) is 4.08. The van der Waals surface area contributed by atoms with E-state index in [1.165, 1.54) is 0 Å². The van der Waals surface area contributed by atoms with Gasteiger partial charge in [0.1, 0.15) is 6.61 Å². The maximum Gasteiger partial charge on any atom is 0.414 e. The third-order valence-corrected chi connectivity index (χ3v) is 5.15. The topological polar surface area (TPSA) is 71.5 Å². The van der Waals surface area contributed by atoms with Gasteiger partial charge in [-0.05, 0) is 30.7 Å². The average molecular weight is 416 g/mol. The number of cyclic esters (lactones) is 1. The summed E-state index contributed by atoms with van der Waals surface area (Å²) in [5.41, 5.74) is 2.80. The molecule has 0 bridgehead atoms. The number of amides is 2. The Labute approximate surface area is 171 Å². The molecule has 1 aromatic heterocycles. The van der Waals surface area contributed by atoms with Gasteiger partial charge in [0.15, 0.2) is 0 Å². The molecule has 2 amide bonds. The van der Waals surface area contributed by atoms with Crippen LogP contribution < -0.4 is 10.2 Å². The van der Waals surface area contributed by atoms with Gasteiger partial charge < -0.3 is 10.1 Å². The number of carbonyl (C=O) groups excluding carboxylic acids is 2. The van der Waals surface area contributed by atoms with Crippen LogP contribution in [0, 0.1) is 6.92 Å². The van der Waals surface area contributed by atoms with Crippen molar-refractivity contribution >= 4 is 57.5 Å². The first-order chi connectivity index (χ1) is 13.5. The molecule has 0 radical (unpaired) electrons. The second-order valence-electron chi connectivity index (χ2n) is 6.31. The molecular weight excluding hydrogens is 401 g/mol. The van der Waals surface area contributed by atoms with Crippen LogP contribution in [-0.4, -0.2) is 30.1 Å². The van der Waals surface area contributed by atoms with Crippen molar-refractivity contribution in [1.82, 2.24) is 4.98 Å². The van der Waals surface area contributed by atoms with Crippen LogP contribution in [-0.2, 0) is 4.74 Å². The Hall–Kier alpha value is -2.83. The lowest BCUT2D eigenvalue weighted by molar-refractivity contribution is 0.102. The van der Waals surface area contributed by atoms with Crippen LogP contribution in [0.4, 0.5) is 16.2 Å². The lowest BCUT2D eigenvalue weighted by atomic mass is 10.1. The van der Waals surface area contributed by atoms with Crippen molar-refractivity contribution in [1.29, 1.82) is 0 Å². The number of hydrogen-bond donors (Lipinski definition) is 1. The lowest BCUT2D eigenvalue weighted by Gasteiger charge is -2.19. The zero-order chi connectivity index (χ0) is 19.8. The van der Waals surface area contributed by atoms with Gasteiger partial charge in [-0.1, -0.05) is 41.4 Å². The predicted octanol–water partition coefficient (Wildman–Crippen LogP) is 5.06. The second-order valence-corrected chi connectivity index (χ2v) is 7.12. The summed E-state index contributed by atoms with van der Waals surface area (Å²) in [7, 11) is 0. The van der Waals surface area contributed by atoms with Gasteiger partial charge >= 0.3 is 6.09 Å². The molecule has 1 aliphatic rings. The molecular formula is C20H15Cl2N3O3. The van der Waals surface area contributed by atoms with Crippen LogP contribution in [0.3, 0.4) is 0 Å². The Kier molecular flexibility index (Phi) is 4.83. The van der Waals surface area contributed by atoms with Crippen LogP contribution in [0.5, 0.6) is 0 Å². The predicted molar refractivity (Wildman–Crippen MR) is 110 cm³/mol. The van der Waals surface area contributed by atoms with E-state index < -0.39 is 12.0 Å². The van der Waals surface area contributed by atoms with Crippen LogP contribution in [0.1, 0.15) is 15.9 Å². The van der Waals surface area contributed by atoms with Gasteiger partial charge in [-0.25, -0.2) is 4.79 Å². The molecule has 3 aromatic rings. The van der Waals surface area contributed by atoms with Crippen molar-refractivity contribution in [2.45, 2.75) is 6.92 Å². The SMILES string of the molecule is Cc1cnc2c(NC(=O)c3c(Cl)cccc3Cl)cccc2c1N1CCOC1=O. The highest BCUT2D eigenvalue weighted by Gasteiger charge is 2.27. The molecule has 0 atom stereocenters. The first-order valence-electron chi connectivity index (χ1n) is 8.55. The normalized spacial score (nSPS) is 13.7. The van der Waals surface area contributed by atoms with Crippen LogP contribution in [0.25, 0.3) is 10.9 Å². The van der Waals surface area contributed by atoms with E-state index in [9.17, 15) is 9.59 Å². The van der Waals surface area contributed by atoms with Crippen molar-refractivity contribution in [2.75, 3.05) is 23.4 Å². The van der Waals surface area contributed by atoms with E-state index >= 15 is 0 Å². The van der Waals surface area contributed by atoms with Gasteiger partial charge in [0.2, 0.25) is 0 Å². The van der Waals surface area contributed by atoms with Crippen molar-refractivity contribution < 1.29 is 14.3 Å².